The monoisotopic (exact) mass is 368 g/mol. The van der Waals surface area contributed by atoms with Crippen LogP contribution >= 0.6 is 0 Å². The number of hydrogen-bond donors (Lipinski definition) is 1. The zero-order chi connectivity index (χ0) is 17.8. The third-order valence-corrected chi connectivity index (χ3v) is 6.01. The molecule has 0 aliphatic heterocycles. The fourth-order valence-electron chi connectivity index (χ4n) is 4.74. The molecule has 0 saturated heterocycles. The van der Waals surface area contributed by atoms with Crippen molar-refractivity contribution < 1.29 is 40.8 Å². The molecule has 4 bridgehead atoms. The van der Waals surface area contributed by atoms with Gasteiger partial charge < -0.3 is 9.47 Å². The molecule has 10 heteroatoms. The maximum Gasteiger partial charge on any atom is 0.465 e. The molecule has 0 amide bonds. The molecule has 4 saturated carbocycles. The molecular weight excluding hydrogens is 350 g/mol. The molecule has 136 valence electrons. The van der Waals surface area contributed by atoms with E-state index in [1.807, 2.05) is 0 Å². The third-order valence-electron chi connectivity index (χ3n) is 5.20. The number of carbonyl (C=O) groups is 2. The predicted octanol–water partition coefficient (Wildman–Crippen LogP) is 1.52. The first kappa shape index (κ1) is 17.5. The molecule has 7 nitrogen and oxygen atoms in total. The summed E-state index contributed by atoms with van der Waals surface area (Å²) in [6.07, 6.45) is 5.52. The van der Waals surface area contributed by atoms with Crippen LogP contribution in [0.15, 0.2) is 0 Å². The van der Waals surface area contributed by atoms with Crippen LogP contribution in [0.5, 0.6) is 0 Å². The summed E-state index contributed by atoms with van der Waals surface area (Å²) in [5, 5.41) is -5.12. The lowest BCUT2D eigenvalue weighted by Gasteiger charge is -2.55. The highest BCUT2D eigenvalue weighted by molar-refractivity contribution is 7.87. The van der Waals surface area contributed by atoms with Crippen LogP contribution in [0.2, 0.25) is 0 Å². The summed E-state index contributed by atoms with van der Waals surface area (Å²) >= 11 is 0. The van der Waals surface area contributed by atoms with Crippen molar-refractivity contribution in [2.75, 3.05) is 6.61 Å². The molecular formula is C14H18F2O7S. The van der Waals surface area contributed by atoms with Gasteiger partial charge in [0.1, 0.15) is 5.60 Å². The summed E-state index contributed by atoms with van der Waals surface area (Å²) in [4.78, 5) is 22.9. The van der Waals surface area contributed by atoms with E-state index >= 15 is 0 Å². The number of carbonyl (C=O) groups excluding carboxylic acids is 2. The highest BCUT2D eigenvalue weighted by atomic mass is 32.2. The highest BCUT2D eigenvalue weighted by Crippen LogP contribution is 2.57. The van der Waals surface area contributed by atoms with Gasteiger partial charge in [0.15, 0.2) is 6.61 Å². The van der Waals surface area contributed by atoms with Crippen LogP contribution in [0, 0.1) is 17.8 Å². The first-order valence-corrected chi connectivity index (χ1v) is 9.19. The Hall–Kier alpha value is -1.29. The minimum atomic E-state index is -5.95. The summed E-state index contributed by atoms with van der Waals surface area (Å²) < 4.78 is 64.6. The van der Waals surface area contributed by atoms with E-state index in [1.54, 1.807) is 0 Å². The Morgan fingerprint density at radius 3 is 1.96 bits per heavy atom. The van der Waals surface area contributed by atoms with Gasteiger partial charge in [0.25, 0.3) is 0 Å². The largest absolute Gasteiger partial charge is 0.465 e. The first-order chi connectivity index (χ1) is 11.0. The highest BCUT2D eigenvalue weighted by Gasteiger charge is 2.55. The lowest BCUT2D eigenvalue weighted by atomic mass is 9.54. The average Bonchev–Trinajstić information content (AvgIpc) is 2.41. The van der Waals surface area contributed by atoms with Crippen molar-refractivity contribution in [2.45, 2.75) is 49.4 Å². The Bertz CT molecular complexity index is 623. The van der Waals surface area contributed by atoms with E-state index in [0.29, 0.717) is 17.8 Å². The van der Waals surface area contributed by atoms with Crippen LogP contribution < -0.4 is 0 Å². The Morgan fingerprint density at radius 2 is 1.54 bits per heavy atom. The van der Waals surface area contributed by atoms with Crippen LogP contribution in [0.4, 0.5) is 8.78 Å². The van der Waals surface area contributed by atoms with Crippen LogP contribution in [0.1, 0.15) is 38.5 Å². The molecule has 0 aromatic rings. The number of alkyl halides is 2. The van der Waals surface area contributed by atoms with Gasteiger partial charge in [0, 0.05) is 0 Å². The molecule has 0 atom stereocenters. The fraction of sp³-hybridized carbons (Fsp3) is 0.857. The van der Waals surface area contributed by atoms with E-state index in [9.17, 15) is 26.8 Å². The summed E-state index contributed by atoms with van der Waals surface area (Å²) in [6, 6.07) is 0. The Balaban J connectivity index is 1.56. The van der Waals surface area contributed by atoms with Gasteiger partial charge in [-0.05, 0) is 56.3 Å². The van der Waals surface area contributed by atoms with Crippen LogP contribution in [-0.2, 0) is 29.2 Å². The normalized spacial score (nSPS) is 34.9. The molecule has 4 rings (SSSR count). The molecule has 0 radical (unpaired) electrons. The Morgan fingerprint density at radius 1 is 1.08 bits per heavy atom. The van der Waals surface area contributed by atoms with Gasteiger partial charge in [-0.3, -0.25) is 4.55 Å². The molecule has 1 N–H and O–H groups in total. The van der Waals surface area contributed by atoms with Crippen molar-refractivity contribution in [1.82, 2.24) is 0 Å². The van der Waals surface area contributed by atoms with Gasteiger partial charge in [-0.2, -0.15) is 17.2 Å². The molecule has 0 heterocycles. The van der Waals surface area contributed by atoms with Gasteiger partial charge in [-0.15, -0.1) is 0 Å². The van der Waals surface area contributed by atoms with Crippen molar-refractivity contribution in [3.8, 4) is 0 Å². The average molecular weight is 368 g/mol. The van der Waals surface area contributed by atoms with Crippen molar-refractivity contribution in [2.24, 2.45) is 17.8 Å². The number of hydrogen-bond acceptors (Lipinski definition) is 6. The summed E-state index contributed by atoms with van der Waals surface area (Å²) in [5.41, 5.74) is -0.621. The number of esters is 2. The summed E-state index contributed by atoms with van der Waals surface area (Å²) in [5.74, 6) is -2.01. The second-order valence-corrected chi connectivity index (χ2v) is 8.61. The standard InChI is InChI=1S/C14H18F2O7S/c15-14(16,24(19,20)21)12(18)22-7-11(17)23-13-4-8-1-9(5-13)3-10(2-8)6-13/h8-10H,1-7H2,(H,19,20,21). The Labute approximate surface area is 137 Å². The second kappa shape index (κ2) is 5.62. The van der Waals surface area contributed by atoms with Crippen molar-refractivity contribution >= 4 is 22.1 Å². The van der Waals surface area contributed by atoms with E-state index in [0.717, 1.165) is 38.5 Å². The van der Waals surface area contributed by atoms with Gasteiger partial charge in [-0.25, -0.2) is 9.59 Å². The van der Waals surface area contributed by atoms with E-state index in [4.69, 9.17) is 9.29 Å². The maximum absolute atomic E-state index is 13.0. The Kier molecular flexibility index (Phi) is 4.10. The smallest absolute Gasteiger partial charge is 0.457 e. The van der Waals surface area contributed by atoms with Gasteiger partial charge in [0.05, 0.1) is 0 Å². The zero-order valence-electron chi connectivity index (χ0n) is 12.7. The van der Waals surface area contributed by atoms with Crippen LogP contribution in [-0.4, -0.2) is 42.4 Å². The minimum Gasteiger partial charge on any atom is -0.457 e. The number of rotatable bonds is 5. The molecule has 24 heavy (non-hydrogen) atoms. The van der Waals surface area contributed by atoms with Crippen molar-refractivity contribution in [3.05, 3.63) is 0 Å². The van der Waals surface area contributed by atoms with Crippen LogP contribution in [0.3, 0.4) is 0 Å². The lowest BCUT2D eigenvalue weighted by Crippen LogP contribution is -2.53. The van der Waals surface area contributed by atoms with Gasteiger partial charge >= 0.3 is 27.3 Å². The fourth-order valence-corrected chi connectivity index (χ4v) is 5.01. The summed E-state index contributed by atoms with van der Waals surface area (Å²) in [6.45, 7) is -1.12. The molecule has 0 aromatic heterocycles. The third kappa shape index (κ3) is 3.13. The molecule has 0 spiro atoms. The lowest BCUT2D eigenvalue weighted by molar-refractivity contribution is -0.194. The van der Waals surface area contributed by atoms with E-state index in [1.165, 1.54) is 0 Å². The quantitative estimate of drug-likeness (QED) is 0.579. The zero-order valence-corrected chi connectivity index (χ0v) is 13.6. The minimum absolute atomic E-state index is 0.496. The van der Waals surface area contributed by atoms with E-state index in [2.05, 4.69) is 4.74 Å². The van der Waals surface area contributed by atoms with Crippen molar-refractivity contribution in [3.63, 3.8) is 0 Å². The van der Waals surface area contributed by atoms with E-state index in [-0.39, 0.29) is 0 Å². The molecule has 4 aliphatic carbocycles. The summed E-state index contributed by atoms with van der Waals surface area (Å²) in [7, 11) is -5.95. The van der Waals surface area contributed by atoms with Crippen LogP contribution in [0.25, 0.3) is 0 Å². The van der Waals surface area contributed by atoms with Gasteiger partial charge in [0.2, 0.25) is 0 Å². The van der Waals surface area contributed by atoms with E-state index < -0.39 is 39.5 Å². The maximum atomic E-state index is 13.0. The molecule has 0 unspecified atom stereocenters. The predicted molar refractivity (Wildman–Crippen MR) is 74.4 cm³/mol. The molecule has 0 aromatic carbocycles. The SMILES string of the molecule is O=C(COC(=O)C(F)(F)S(=O)(=O)O)OC12CC3CC(CC(C3)C1)C2. The topological polar surface area (TPSA) is 107 Å². The second-order valence-electron chi connectivity index (χ2n) is 7.14. The molecule has 4 fully saturated rings. The molecule has 4 aliphatic rings. The number of halogens is 2. The first-order valence-electron chi connectivity index (χ1n) is 7.75. The van der Waals surface area contributed by atoms with Gasteiger partial charge in [-0.1, -0.05) is 0 Å². The number of ether oxygens (including phenoxy) is 2. The van der Waals surface area contributed by atoms with Crippen molar-refractivity contribution in [1.29, 1.82) is 0 Å².